The zero-order valence-electron chi connectivity index (χ0n) is 35.0. The second-order valence-corrected chi connectivity index (χ2v) is 16.5. The van der Waals surface area contributed by atoms with Crippen LogP contribution in [0.25, 0.3) is 122 Å². The normalized spacial score (nSPS) is 11.4. The molecular weight excluding hydrogens is 773 g/mol. The van der Waals surface area contributed by atoms with Crippen LogP contribution >= 0.6 is 0 Å². The predicted octanol–water partition coefficient (Wildman–Crippen LogP) is 16.8. The maximum atomic E-state index is 5.13. The van der Waals surface area contributed by atoms with Crippen molar-refractivity contribution in [2.75, 3.05) is 0 Å². The van der Waals surface area contributed by atoms with Gasteiger partial charge in [-0.15, -0.1) is 0 Å². The molecule has 0 bridgehead atoms. The summed E-state index contributed by atoms with van der Waals surface area (Å²) >= 11 is 0. The van der Waals surface area contributed by atoms with Gasteiger partial charge in [0.25, 0.3) is 0 Å². The van der Waals surface area contributed by atoms with Crippen molar-refractivity contribution in [1.82, 2.24) is 9.97 Å². The highest BCUT2D eigenvalue weighted by molar-refractivity contribution is 6.27. The summed E-state index contributed by atoms with van der Waals surface area (Å²) in [6.45, 7) is 0. The summed E-state index contributed by atoms with van der Waals surface area (Å²) in [7, 11) is 0. The van der Waals surface area contributed by atoms with E-state index in [-0.39, 0.29) is 0 Å². The molecule has 0 N–H and O–H groups in total. The Labute approximate surface area is 372 Å². The van der Waals surface area contributed by atoms with E-state index in [1.165, 1.54) is 82.2 Å². The maximum absolute atomic E-state index is 5.13. The molecule has 0 unspecified atom stereocenters. The number of benzene rings is 11. The molecule has 0 fully saturated rings. The summed E-state index contributed by atoms with van der Waals surface area (Å²) in [6.07, 6.45) is 0. The number of hydrogen-bond donors (Lipinski definition) is 0. The molecule has 64 heavy (non-hydrogen) atoms. The van der Waals surface area contributed by atoms with Gasteiger partial charge in [0.05, 0.1) is 11.4 Å². The summed E-state index contributed by atoms with van der Waals surface area (Å²) in [4.78, 5) is 10.2. The van der Waals surface area contributed by atoms with Gasteiger partial charge in [-0.25, -0.2) is 9.97 Å². The van der Waals surface area contributed by atoms with E-state index in [1.54, 1.807) is 0 Å². The second kappa shape index (κ2) is 15.8. The molecule has 11 aromatic carbocycles. The first-order valence-electron chi connectivity index (χ1n) is 21.9. The van der Waals surface area contributed by atoms with E-state index < -0.39 is 0 Å². The Hall–Kier alpha value is -8.46. The van der Waals surface area contributed by atoms with E-state index in [1.807, 2.05) is 24.3 Å². The van der Waals surface area contributed by atoms with Crippen molar-refractivity contribution in [2.24, 2.45) is 0 Å². The van der Waals surface area contributed by atoms with E-state index in [2.05, 4.69) is 218 Å². The van der Waals surface area contributed by atoms with Crippen LogP contribution in [0.5, 0.6) is 0 Å². The molecule has 12 aromatic rings. The Morgan fingerprint density at radius 1 is 0.219 bits per heavy atom. The fourth-order valence-corrected chi connectivity index (χ4v) is 9.50. The summed E-state index contributed by atoms with van der Waals surface area (Å²) in [5.74, 6) is 0.709. The predicted molar refractivity (Wildman–Crippen MR) is 270 cm³/mol. The number of rotatable bonds is 7. The average Bonchev–Trinajstić information content (AvgIpc) is 3.38. The first-order valence-corrected chi connectivity index (χ1v) is 21.9. The van der Waals surface area contributed by atoms with Crippen LogP contribution in [0.1, 0.15) is 0 Å². The van der Waals surface area contributed by atoms with Crippen molar-refractivity contribution >= 4 is 43.1 Å². The Balaban J connectivity index is 0.916. The minimum Gasteiger partial charge on any atom is -0.228 e. The lowest BCUT2D eigenvalue weighted by Crippen LogP contribution is -1.96. The van der Waals surface area contributed by atoms with Crippen LogP contribution in [0.15, 0.2) is 243 Å². The minimum absolute atomic E-state index is 0.709. The van der Waals surface area contributed by atoms with Crippen LogP contribution in [0.3, 0.4) is 0 Å². The fourth-order valence-electron chi connectivity index (χ4n) is 9.50. The molecule has 0 aliphatic carbocycles. The molecule has 2 nitrogen and oxygen atoms in total. The van der Waals surface area contributed by atoms with Gasteiger partial charge in [-0.2, -0.15) is 0 Å². The van der Waals surface area contributed by atoms with E-state index in [0.29, 0.717) is 5.82 Å². The van der Waals surface area contributed by atoms with Gasteiger partial charge in [0.15, 0.2) is 5.82 Å². The van der Waals surface area contributed by atoms with Crippen molar-refractivity contribution in [3.63, 3.8) is 0 Å². The highest BCUT2D eigenvalue weighted by Crippen LogP contribution is 2.46. The zero-order valence-corrected chi connectivity index (χ0v) is 35.0. The lowest BCUT2D eigenvalue weighted by Gasteiger charge is -2.19. The van der Waals surface area contributed by atoms with Crippen molar-refractivity contribution in [3.05, 3.63) is 243 Å². The van der Waals surface area contributed by atoms with Crippen LogP contribution in [-0.4, -0.2) is 9.97 Å². The van der Waals surface area contributed by atoms with Crippen molar-refractivity contribution in [1.29, 1.82) is 0 Å². The lowest BCUT2D eigenvalue weighted by atomic mass is 9.84. The highest BCUT2D eigenvalue weighted by Gasteiger charge is 2.19. The monoisotopic (exact) mass is 812 g/mol. The Morgan fingerprint density at radius 2 is 0.641 bits per heavy atom. The summed E-state index contributed by atoms with van der Waals surface area (Å²) < 4.78 is 0. The zero-order chi connectivity index (χ0) is 42.4. The molecule has 0 amide bonds. The van der Waals surface area contributed by atoms with Crippen LogP contribution in [0.2, 0.25) is 0 Å². The number of aromatic nitrogens is 2. The van der Waals surface area contributed by atoms with Crippen LogP contribution in [-0.2, 0) is 0 Å². The highest BCUT2D eigenvalue weighted by atomic mass is 14.9. The molecule has 0 saturated carbocycles. The average molecular weight is 813 g/mol. The van der Waals surface area contributed by atoms with Gasteiger partial charge < -0.3 is 0 Å². The van der Waals surface area contributed by atoms with Crippen LogP contribution in [0, 0.1) is 0 Å². The van der Waals surface area contributed by atoms with E-state index >= 15 is 0 Å². The second-order valence-electron chi connectivity index (χ2n) is 16.5. The standard InChI is InChI=1S/C62H40N2/c1-4-14-41(15-5-1)42-24-28-45(29-25-42)57-40-58(64-62(63-57)48-19-8-3-9-20-48)52-35-34-50-38-49(32-33-51(50)39-52)43-26-30-47(31-27-43)60-55-23-13-12-22-54(55)59(46-17-6-2-7-18-46)56-37-36-44-16-10-11-21-53(44)61(56)60/h1-40H. The molecule has 1 heterocycles. The SMILES string of the molecule is c1ccc(-c2ccc(-c3cc(-c4ccc5cc(-c6ccc(-c7c8ccccc8c(-c8ccccc8)c8ccc9ccccc9c78)cc6)ccc5c4)nc(-c4ccccc4)n3)cc2)cc1. The first-order chi connectivity index (χ1) is 31.7. The molecule has 0 atom stereocenters. The Morgan fingerprint density at radius 3 is 1.31 bits per heavy atom. The summed E-state index contributed by atoms with van der Waals surface area (Å²) in [5, 5.41) is 9.92. The van der Waals surface area contributed by atoms with E-state index in [9.17, 15) is 0 Å². The van der Waals surface area contributed by atoms with Crippen molar-refractivity contribution in [3.8, 4) is 78.4 Å². The summed E-state index contributed by atoms with van der Waals surface area (Å²) in [5.41, 5.74) is 14.6. The van der Waals surface area contributed by atoms with Gasteiger partial charge in [0.1, 0.15) is 0 Å². The van der Waals surface area contributed by atoms with Crippen molar-refractivity contribution < 1.29 is 0 Å². The molecule has 1 aromatic heterocycles. The van der Waals surface area contributed by atoms with E-state index in [4.69, 9.17) is 9.97 Å². The number of hydrogen-bond acceptors (Lipinski definition) is 2. The molecule has 12 rings (SSSR count). The van der Waals surface area contributed by atoms with Gasteiger partial charge in [0.2, 0.25) is 0 Å². The lowest BCUT2D eigenvalue weighted by molar-refractivity contribution is 1.18. The number of nitrogens with zero attached hydrogens (tertiary/aromatic N) is 2. The Kier molecular flexibility index (Phi) is 9.20. The Bertz CT molecular complexity index is 3670. The quantitative estimate of drug-likeness (QED) is 0.118. The number of fused-ring (bicyclic) bond motifs is 5. The molecule has 0 spiro atoms. The first kappa shape index (κ1) is 37.3. The molecule has 298 valence electrons. The van der Waals surface area contributed by atoms with Gasteiger partial charge >= 0.3 is 0 Å². The topological polar surface area (TPSA) is 25.8 Å². The maximum Gasteiger partial charge on any atom is 0.160 e. The largest absolute Gasteiger partial charge is 0.228 e. The molecule has 0 aliphatic heterocycles. The molecule has 0 radical (unpaired) electrons. The molecule has 2 heteroatoms. The summed E-state index contributed by atoms with van der Waals surface area (Å²) in [6, 6.07) is 87.2. The smallest absolute Gasteiger partial charge is 0.160 e. The molecular formula is C62H40N2. The van der Waals surface area contributed by atoms with Gasteiger partial charge in [0, 0.05) is 16.7 Å². The van der Waals surface area contributed by atoms with Crippen LogP contribution in [0.4, 0.5) is 0 Å². The third-order valence-electron chi connectivity index (χ3n) is 12.7. The molecule has 0 aliphatic rings. The van der Waals surface area contributed by atoms with E-state index in [0.717, 1.165) is 33.5 Å². The minimum atomic E-state index is 0.709. The van der Waals surface area contributed by atoms with Gasteiger partial charge in [-0.05, 0) is 106 Å². The molecule has 0 saturated heterocycles. The van der Waals surface area contributed by atoms with Crippen molar-refractivity contribution in [2.45, 2.75) is 0 Å². The fraction of sp³-hybridized carbons (Fsp3) is 0. The van der Waals surface area contributed by atoms with Gasteiger partial charge in [-0.3, -0.25) is 0 Å². The third kappa shape index (κ3) is 6.70. The van der Waals surface area contributed by atoms with Crippen LogP contribution < -0.4 is 0 Å². The third-order valence-corrected chi connectivity index (χ3v) is 12.7. The van der Waals surface area contributed by atoms with Gasteiger partial charge in [-0.1, -0.05) is 224 Å².